The van der Waals surface area contributed by atoms with E-state index in [-0.39, 0.29) is 17.9 Å². The molecule has 3 heterocycles. The minimum atomic E-state index is -0.123. The van der Waals surface area contributed by atoms with Crippen molar-refractivity contribution in [3.63, 3.8) is 0 Å². The van der Waals surface area contributed by atoms with Crippen LogP contribution in [0.4, 0.5) is 5.69 Å². The number of nitrogens with one attached hydrogen (secondary N) is 2. The van der Waals surface area contributed by atoms with E-state index in [0.717, 1.165) is 52.0 Å². The lowest BCUT2D eigenvalue weighted by Gasteiger charge is -2.23. The van der Waals surface area contributed by atoms with Crippen LogP contribution in [0.15, 0.2) is 65.8 Å². The van der Waals surface area contributed by atoms with Gasteiger partial charge in [-0.25, -0.2) is 4.68 Å². The van der Waals surface area contributed by atoms with Gasteiger partial charge in [-0.2, -0.15) is 5.10 Å². The molecular formula is C25H21N5O2S. The summed E-state index contributed by atoms with van der Waals surface area (Å²) < 4.78 is 1.91. The third-order valence-corrected chi connectivity index (χ3v) is 7.21. The molecule has 1 atom stereocenters. The van der Waals surface area contributed by atoms with Crippen LogP contribution < -0.4 is 10.6 Å². The molecular weight excluding hydrogens is 434 g/mol. The molecule has 2 aliphatic rings. The minimum absolute atomic E-state index is 0.0355. The van der Waals surface area contributed by atoms with E-state index >= 15 is 0 Å². The zero-order valence-corrected chi connectivity index (χ0v) is 18.6. The molecule has 4 aromatic rings. The molecule has 33 heavy (non-hydrogen) atoms. The maximum atomic E-state index is 12.9. The van der Waals surface area contributed by atoms with Crippen molar-refractivity contribution < 1.29 is 9.59 Å². The summed E-state index contributed by atoms with van der Waals surface area (Å²) in [5.74, 6) is 0.246. The van der Waals surface area contributed by atoms with Crippen molar-refractivity contribution in [2.24, 2.45) is 0 Å². The van der Waals surface area contributed by atoms with Crippen LogP contribution >= 0.6 is 11.8 Å². The Morgan fingerprint density at radius 2 is 2.09 bits per heavy atom. The molecule has 2 aromatic heterocycles. The molecule has 0 fully saturated rings. The number of hydrogen-bond donors (Lipinski definition) is 2. The molecule has 0 bridgehead atoms. The summed E-state index contributed by atoms with van der Waals surface area (Å²) in [6.45, 7) is 0. The Hall–Kier alpha value is -3.65. The number of anilines is 1. The number of aryl methyl sites for hydroxylation is 1. The first kappa shape index (κ1) is 20.0. The first-order valence-electron chi connectivity index (χ1n) is 10.9. The molecule has 2 N–H and O–H groups in total. The van der Waals surface area contributed by atoms with E-state index in [1.165, 1.54) is 11.8 Å². The van der Waals surface area contributed by atoms with Gasteiger partial charge in [0, 0.05) is 34.3 Å². The van der Waals surface area contributed by atoms with Crippen molar-refractivity contribution >= 4 is 40.2 Å². The lowest BCUT2D eigenvalue weighted by molar-refractivity contribution is -0.113. The Morgan fingerprint density at radius 3 is 3.03 bits per heavy atom. The van der Waals surface area contributed by atoms with Gasteiger partial charge in [0.25, 0.3) is 5.91 Å². The van der Waals surface area contributed by atoms with Gasteiger partial charge in [-0.05, 0) is 55.2 Å². The summed E-state index contributed by atoms with van der Waals surface area (Å²) in [6.07, 6.45) is 6.23. The number of amides is 2. The average Bonchev–Trinajstić information content (AvgIpc) is 3.26. The smallest absolute Gasteiger partial charge is 0.251 e. The molecule has 7 nitrogen and oxygen atoms in total. The standard InChI is InChI=1S/C25H21N5O2S/c31-23-14-33-22-9-6-16(12-20(22)28-23)25(32)27-18-7-8-19-17(11-18)13-30(29-19)21-5-1-3-15-4-2-10-26-24(15)21/h1-6,9-10,12-13,18H,7-8,11,14H2,(H,27,32)(H,28,31). The van der Waals surface area contributed by atoms with E-state index in [2.05, 4.69) is 21.8 Å². The van der Waals surface area contributed by atoms with Crippen LogP contribution in [0.5, 0.6) is 0 Å². The fourth-order valence-corrected chi connectivity index (χ4v) is 5.31. The second-order valence-electron chi connectivity index (χ2n) is 8.36. The summed E-state index contributed by atoms with van der Waals surface area (Å²) in [5, 5.41) is 11.9. The zero-order valence-electron chi connectivity index (χ0n) is 17.7. The van der Waals surface area contributed by atoms with Crippen LogP contribution in [0.2, 0.25) is 0 Å². The number of rotatable bonds is 3. The summed E-state index contributed by atoms with van der Waals surface area (Å²) in [7, 11) is 0. The van der Waals surface area contributed by atoms with Crippen molar-refractivity contribution in [2.75, 3.05) is 11.1 Å². The highest BCUT2D eigenvalue weighted by Gasteiger charge is 2.25. The lowest BCUT2D eigenvalue weighted by atomic mass is 9.93. The van der Waals surface area contributed by atoms with Gasteiger partial charge in [0.15, 0.2) is 0 Å². The van der Waals surface area contributed by atoms with E-state index in [4.69, 9.17) is 5.10 Å². The highest BCUT2D eigenvalue weighted by atomic mass is 32.2. The normalized spacial score (nSPS) is 17.2. The van der Waals surface area contributed by atoms with E-state index < -0.39 is 0 Å². The number of benzene rings is 2. The monoisotopic (exact) mass is 455 g/mol. The summed E-state index contributed by atoms with van der Waals surface area (Å²) in [5.41, 5.74) is 5.36. The van der Waals surface area contributed by atoms with Gasteiger partial charge in [0.2, 0.25) is 5.91 Å². The highest BCUT2D eigenvalue weighted by Crippen LogP contribution is 2.32. The summed E-state index contributed by atoms with van der Waals surface area (Å²) in [4.78, 5) is 30.1. The first-order chi connectivity index (χ1) is 16.1. The van der Waals surface area contributed by atoms with Gasteiger partial charge < -0.3 is 10.6 Å². The second-order valence-corrected chi connectivity index (χ2v) is 9.38. The number of nitrogens with zero attached hydrogens (tertiary/aromatic N) is 3. The van der Waals surface area contributed by atoms with Crippen LogP contribution in [-0.4, -0.2) is 38.4 Å². The Balaban J connectivity index is 1.20. The second kappa shape index (κ2) is 8.04. The van der Waals surface area contributed by atoms with Crippen molar-refractivity contribution in [1.82, 2.24) is 20.1 Å². The Kier molecular flexibility index (Phi) is 4.87. The SMILES string of the molecule is O=C1CSc2ccc(C(=O)NC3CCc4nn(-c5cccc6cccnc56)cc4C3)cc2N1. The molecule has 1 unspecified atom stereocenters. The van der Waals surface area contributed by atoms with E-state index in [9.17, 15) is 9.59 Å². The number of fused-ring (bicyclic) bond motifs is 3. The van der Waals surface area contributed by atoms with Crippen LogP contribution in [0.1, 0.15) is 28.0 Å². The fraction of sp³-hybridized carbons (Fsp3) is 0.200. The molecule has 1 aliphatic carbocycles. The number of pyridine rings is 1. The van der Waals surface area contributed by atoms with Crippen molar-refractivity contribution in [3.8, 4) is 5.69 Å². The van der Waals surface area contributed by atoms with Crippen LogP contribution in [-0.2, 0) is 17.6 Å². The van der Waals surface area contributed by atoms with Crippen LogP contribution in [0.25, 0.3) is 16.6 Å². The quantitative estimate of drug-likeness (QED) is 0.491. The van der Waals surface area contributed by atoms with Gasteiger partial charge in [0.05, 0.1) is 28.3 Å². The van der Waals surface area contributed by atoms with E-state index in [0.29, 0.717) is 17.0 Å². The number of hydrogen-bond acceptors (Lipinski definition) is 5. The van der Waals surface area contributed by atoms with Crippen molar-refractivity contribution in [3.05, 3.63) is 77.7 Å². The first-order valence-corrected chi connectivity index (χ1v) is 11.9. The fourth-order valence-electron chi connectivity index (χ4n) is 4.52. The van der Waals surface area contributed by atoms with Gasteiger partial charge in [-0.3, -0.25) is 14.6 Å². The molecule has 6 rings (SSSR count). The Bertz CT molecular complexity index is 1410. The number of thioether (sulfide) groups is 1. The van der Waals surface area contributed by atoms with E-state index in [1.54, 1.807) is 12.3 Å². The van der Waals surface area contributed by atoms with Crippen molar-refractivity contribution in [1.29, 1.82) is 0 Å². The maximum absolute atomic E-state index is 12.9. The molecule has 164 valence electrons. The average molecular weight is 456 g/mol. The molecule has 8 heteroatoms. The Morgan fingerprint density at radius 1 is 1.18 bits per heavy atom. The maximum Gasteiger partial charge on any atom is 0.251 e. The predicted octanol–water partition coefficient (Wildman–Crippen LogP) is 3.75. The van der Waals surface area contributed by atoms with Gasteiger partial charge in [0.1, 0.15) is 0 Å². The predicted molar refractivity (Wildman–Crippen MR) is 128 cm³/mol. The van der Waals surface area contributed by atoms with Crippen LogP contribution in [0.3, 0.4) is 0 Å². The molecule has 0 saturated carbocycles. The Labute approximate surface area is 194 Å². The minimum Gasteiger partial charge on any atom is -0.349 e. The molecule has 0 radical (unpaired) electrons. The lowest BCUT2D eigenvalue weighted by Crippen LogP contribution is -2.38. The van der Waals surface area contributed by atoms with Crippen LogP contribution in [0, 0.1) is 0 Å². The summed E-state index contributed by atoms with van der Waals surface area (Å²) >= 11 is 1.49. The zero-order chi connectivity index (χ0) is 22.4. The summed E-state index contributed by atoms with van der Waals surface area (Å²) in [6, 6.07) is 15.6. The molecule has 0 spiro atoms. The highest BCUT2D eigenvalue weighted by molar-refractivity contribution is 8.00. The van der Waals surface area contributed by atoms with Gasteiger partial charge in [-0.1, -0.05) is 18.2 Å². The van der Waals surface area contributed by atoms with E-state index in [1.807, 2.05) is 47.1 Å². The number of carbonyl (C=O) groups is 2. The molecule has 2 aromatic carbocycles. The topological polar surface area (TPSA) is 88.9 Å². The largest absolute Gasteiger partial charge is 0.349 e. The number of para-hydroxylation sites is 1. The molecule has 2 amide bonds. The third kappa shape index (κ3) is 3.76. The van der Waals surface area contributed by atoms with Gasteiger partial charge in [-0.15, -0.1) is 11.8 Å². The number of carbonyl (C=O) groups excluding carboxylic acids is 2. The van der Waals surface area contributed by atoms with Crippen molar-refractivity contribution in [2.45, 2.75) is 30.2 Å². The van der Waals surface area contributed by atoms with Gasteiger partial charge >= 0.3 is 0 Å². The third-order valence-electron chi connectivity index (χ3n) is 6.14. The molecule has 1 aliphatic heterocycles. The molecule has 0 saturated heterocycles. The number of aromatic nitrogens is 3.